The Kier molecular flexibility index (Phi) is 6.31. The van der Waals surface area contributed by atoms with Crippen LogP contribution in [-0.2, 0) is 4.74 Å². The molecule has 1 aromatic heterocycles. The molecule has 1 fully saturated rings. The molecule has 0 atom stereocenters. The maximum absolute atomic E-state index is 12.8. The Morgan fingerprint density at radius 3 is 2.45 bits per heavy atom. The van der Waals surface area contributed by atoms with Gasteiger partial charge in [0, 0.05) is 37.6 Å². The minimum atomic E-state index is -0.300. The number of carbonyl (C=O) groups is 2. The van der Waals surface area contributed by atoms with Crippen molar-refractivity contribution in [3.05, 3.63) is 46.8 Å². The van der Waals surface area contributed by atoms with Gasteiger partial charge in [-0.25, -0.2) is 14.8 Å². The first kappa shape index (κ1) is 20.6. The van der Waals surface area contributed by atoms with Crippen LogP contribution in [0.5, 0.6) is 0 Å². The van der Waals surface area contributed by atoms with Crippen molar-refractivity contribution >= 4 is 23.6 Å². The molecular formula is C21H27N5O3. The number of hydrogen-bond donors (Lipinski definition) is 1. The zero-order valence-corrected chi connectivity index (χ0v) is 17.4. The van der Waals surface area contributed by atoms with Gasteiger partial charge in [-0.05, 0) is 45.4 Å². The molecule has 0 bridgehead atoms. The number of anilines is 2. The van der Waals surface area contributed by atoms with Gasteiger partial charge in [0.1, 0.15) is 5.69 Å². The molecule has 1 aliphatic heterocycles. The molecule has 3 rings (SSSR count). The van der Waals surface area contributed by atoms with Crippen molar-refractivity contribution in [2.24, 2.45) is 0 Å². The van der Waals surface area contributed by atoms with Crippen molar-refractivity contribution in [3.63, 3.8) is 0 Å². The Balaban J connectivity index is 1.71. The number of aryl methyl sites for hydroxylation is 3. The number of rotatable bonds is 4. The lowest BCUT2D eigenvalue weighted by molar-refractivity contribution is 0.102. The summed E-state index contributed by atoms with van der Waals surface area (Å²) < 4.78 is 5.05. The second-order valence-corrected chi connectivity index (χ2v) is 7.14. The molecule has 154 valence electrons. The van der Waals surface area contributed by atoms with E-state index in [1.165, 1.54) is 0 Å². The number of aromatic nitrogens is 2. The van der Waals surface area contributed by atoms with Gasteiger partial charge in [0.15, 0.2) is 0 Å². The largest absolute Gasteiger partial charge is 0.450 e. The van der Waals surface area contributed by atoms with E-state index < -0.39 is 0 Å². The highest BCUT2D eigenvalue weighted by atomic mass is 16.6. The van der Waals surface area contributed by atoms with Gasteiger partial charge in [-0.3, -0.25) is 4.79 Å². The number of amides is 2. The summed E-state index contributed by atoms with van der Waals surface area (Å²) in [5.74, 6) is 0.230. The summed E-state index contributed by atoms with van der Waals surface area (Å²) in [6.45, 7) is 10.2. The minimum absolute atomic E-state index is 0.270. The van der Waals surface area contributed by atoms with Crippen LogP contribution < -0.4 is 10.2 Å². The number of piperazine rings is 1. The molecule has 1 aromatic carbocycles. The normalized spacial score (nSPS) is 13.9. The third-order valence-corrected chi connectivity index (χ3v) is 4.79. The van der Waals surface area contributed by atoms with Crippen LogP contribution in [0.3, 0.4) is 0 Å². The van der Waals surface area contributed by atoms with Crippen molar-refractivity contribution < 1.29 is 14.3 Å². The molecule has 1 aliphatic rings. The average molecular weight is 397 g/mol. The van der Waals surface area contributed by atoms with Gasteiger partial charge in [-0.2, -0.15) is 0 Å². The van der Waals surface area contributed by atoms with E-state index >= 15 is 0 Å². The first-order valence-corrected chi connectivity index (χ1v) is 9.78. The second-order valence-electron chi connectivity index (χ2n) is 7.14. The summed E-state index contributed by atoms with van der Waals surface area (Å²) in [7, 11) is 0. The average Bonchev–Trinajstić information content (AvgIpc) is 2.70. The molecule has 0 saturated carbocycles. The maximum Gasteiger partial charge on any atom is 0.409 e. The fraction of sp³-hybridized carbons (Fsp3) is 0.429. The van der Waals surface area contributed by atoms with E-state index in [0.717, 1.165) is 16.8 Å². The molecule has 8 heteroatoms. The van der Waals surface area contributed by atoms with Crippen LogP contribution in [-0.4, -0.2) is 59.7 Å². The number of hydrogen-bond acceptors (Lipinski definition) is 6. The van der Waals surface area contributed by atoms with Gasteiger partial charge in [-0.1, -0.05) is 17.7 Å². The molecule has 2 heterocycles. The molecule has 29 heavy (non-hydrogen) atoms. The standard InChI is InChI=1S/C21H27N5O3/c1-5-29-21(28)26-10-8-25(9-11-26)20-22-16(4)13-18(24-20)19(27)23-17-7-6-14(2)12-15(17)3/h6-7,12-13H,5,8-11H2,1-4H3,(H,23,27). The third-order valence-electron chi connectivity index (χ3n) is 4.79. The predicted octanol–water partition coefficient (Wildman–Crippen LogP) is 2.93. The first-order valence-electron chi connectivity index (χ1n) is 9.78. The highest BCUT2D eigenvalue weighted by Gasteiger charge is 2.24. The van der Waals surface area contributed by atoms with Gasteiger partial charge in [0.2, 0.25) is 5.95 Å². The van der Waals surface area contributed by atoms with Crippen molar-refractivity contribution in [3.8, 4) is 0 Å². The highest BCUT2D eigenvalue weighted by molar-refractivity contribution is 6.03. The van der Waals surface area contributed by atoms with Crippen molar-refractivity contribution in [1.29, 1.82) is 0 Å². The Bertz CT molecular complexity index is 907. The van der Waals surface area contributed by atoms with Gasteiger partial charge >= 0.3 is 6.09 Å². The molecule has 2 aromatic rings. The zero-order valence-electron chi connectivity index (χ0n) is 17.4. The monoisotopic (exact) mass is 397 g/mol. The summed E-state index contributed by atoms with van der Waals surface area (Å²) in [5.41, 5.74) is 3.94. The molecular weight excluding hydrogens is 370 g/mol. The smallest absolute Gasteiger partial charge is 0.409 e. The summed E-state index contributed by atoms with van der Waals surface area (Å²) in [4.78, 5) is 37.2. The van der Waals surface area contributed by atoms with E-state index in [2.05, 4.69) is 15.3 Å². The lowest BCUT2D eigenvalue weighted by atomic mass is 10.1. The molecule has 0 radical (unpaired) electrons. The molecule has 0 spiro atoms. The maximum atomic E-state index is 12.8. The summed E-state index contributed by atoms with van der Waals surface area (Å²) >= 11 is 0. The van der Waals surface area contributed by atoms with E-state index in [1.807, 2.05) is 43.9 Å². The van der Waals surface area contributed by atoms with E-state index in [-0.39, 0.29) is 12.0 Å². The zero-order chi connectivity index (χ0) is 21.0. The van der Waals surface area contributed by atoms with E-state index in [4.69, 9.17) is 4.74 Å². The van der Waals surface area contributed by atoms with Crippen LogP contribution in [0.25, 0.3) is 0 Å². The van der Waals surface area contributed by atoms with Crippen LogP contribution in [0.15, 0.2) is 24.3 Å². The van der Waals surface area contributed by atoms with E-state index in [9.17, 15) is 9.59 Å². The molecule has 8 nitrogen and oxygen atoms in total. The summed E-state index contributed by atoms with van der Waals surface area (Å²) in [6.07, 6.45) is -0.300. The van der Waals surface area contributed by atoms with Crippen LogP contribution in [0.1, 0.15) is 34.2 Å². The van der Waals surface area contributed by atoms with Crippen LogP contribution >= 0.6 is 0 Å². The second kappa shape index (κ2) is 8.89. The first-order chi connectivity index (χ1) is 13.9. The van der Waals surface area contributed by atoms with Crippen molar-refractivity contribution in [1.82, 2.24) is 14.9 Å². The van der Waals surface area contributed by atoms with Gasteiger partial charge < -0.3 is 19.9 Å². The molecule has 0 unspecified atom stereocenters. The topological polar surface area (TPSA) is 87.7 Å². The van der Waals surface area contributed by atoms with Crippen molar-refractivity contribution in [2.75, 3.05) is 43.0 Å². The molecule has 0 aliphatic carbocycles. The quantitative estimate of drug-likeness (QED) is 0.853. The molecule has 2 amide bonds. The fourth-order valence-electron chi connectivity index (χ4n) is 3.25. The number of nitrogens with one attached hydrogen (secondary N) is 1. The number of carbonyl (C=O) groups excluding carboxylic acids is 2. The van der Waals surface area contributed by atoms with E-state index in [0.29, 0.717) is 50.1 Å². The number of ether oxygens (including phenoxy) is 1. The lowest BCUT2D eigenvalue weighted by Crippen LogP contribution is -2.49. The Morgan fingerprint density at radius 1 is 1.07 bits per heavy atom. The van der Waals surface area contributed by atoms with Gasteiger partial charge in [-0.15, -0.1) is 0 Å². The lowest BCUT2D eigenvalue weighted by Gasteiger charge is -2.34. The number of nitrogens with zero attached hydrogens (tertiary/aromatic N) is 4. The Labute approximate surface area is 170 Å². The van der Waals surface area contributed by atoms with Gasteiger partial charge in [0.05, 0.1) is 6.61 Å². The highest BCUT2D eigenvalue weighted by Crippen LogP contribution is 2.18. The fourth-order valence-corrected chi connectivity index (χ4v) is 3.25. The van der Waals surface area contributed by atoms with Crippen LogP contribution in [0.2, 0.25) is 0 Å². The summed E-state index contributed by atoms with van der Waals surface area (Å²) in [5, 5.41) is 2.93. The SMILES string of the molecule is CCOC(=O)N1CCN(c2nc(C)cc(C(=O)Nc3ccc(C)cc3C)n2)CC1. The number of benzene rings is 1. The Hall–Kier alpha value is -3.16. The Morgan fingerprint density at radius 2 is 1.79 bits per heavy atom. The molecule has 1 N–H and O–H groups in total. The third kappa shape index (κ3) is 5.01. The van der Waals surface area contributed by atoms with Crippen molar-refractivity contribution in [2.45, 2.75) is 27.7 Å². The van der Waals surface area contributed by atoms with E-state index in [1.54, 1.807) is 17.9 Å². The summed E-state index contributed by atoms with van der Waals surface area (Å²) in [6, 6.07) is 7.56. The van der Waals surface area contributed by atoms with Gasteiger partial charge in [0.25, 0.3) is 5.91 Å². The van der Waals surface area contributed by atoms with Crippen LogP contribution in [0, 0.1) is 20.8 Å². The minimum Gasteiger partial charge on any atom is -0.450 e. The predicted molar refractivity (Wildman–Crippen MR) is 111 cm³/mol. The molecule has 1 saturated heterocycles. The van der Waals surface area contributed by atoms with Crippen LogP contribution in [0.4, 0.5) is 16.4 Å².